The fourth-order valence-electron chi connectivity index (χ4n) is 5.67. The van der Waals surface area contributed by atoms with Gasteiger partial charge in [-0.25, -0.2) is 0 Å². The van der Waals surface area contributed by atoms with Crippen molar-refractivity contribution in [3.05, 3.63) is 78.4 Å². The topological polar surface area (TPSA) is 18.5 Å². The summed E-state index contributed by atoms with van der Waals surface area (Å²) in [6.07, 6.45) is 21.6. The van der Waals surface area contributed by atoms with Crippen molar-refractivity contribution in [3.63, 3.8) is 0 Å². The molecule has 0 bridgehead atoms. The second kappa shape index (κ2) is 21.2. The molecular weight excluding hydrogens is 512 g/mol. The van der Waals surface area contributed by atoms with Crippen LogP contribution in [0.5, 0.6) is 5.75 Å². The summed E-state index contributed by atoms with van der Waals surface area (Å²) in [6.45, 7) is 8.30. The Kier molecular flexibility index (Phi) is 17.1. The first-order valence-corrected chi connectivity index (χ1v) is 17.3. The first-order chi connectivity index (χ1) is 20.7. The largest absolute Gasteiger partial charge is 0.494 e. The highest BCUT2D eigenvalue weighted by Gasteiger charge is 2.10. The fourth-order valence-corrected chi connectivity index (χ4v) is 5.67. The normalized spacial score (nSPS) is 12.0. The Bertz CT molecular complexity index is 1070. The van der Waals surface area contributed by atoms with Crippen LogP contribution in [0.1, 0.15) is 135 Å². The van der Waals surface area contributed by atoms with Crippen LogP contribution in [-0.4, -0.2) is 13.2 Å². The van der Waals surface area contributed by atoms with Crippen LogP contribution >= 0.6 is 0 Å². The Morgan fingerprint density at radius 3 is 1.43 bits per heavy atom. The average molecular weight is 571 g/mol. The molecule has 0 fully saturated rings. The minimum atomic E-state index is 0.124. The van der Waals surface area contributed by atoms with Gasteiger partial charge in [-0.2, -0.15) is 0 Å². The zero-order chi connectivity index (χ0) is 29.7. The van der Waals surface area contributed by atoms with Crippen LogP contribution in [0.4, 0.5) is 0 Å². The second-order valence-corrected chi connectivity index (χ2v) is 12.0. The van der Waals surface area contributed by atoms with Gasteiger partial charge in [0.2, 0.25) is 0 Å². The van der Waals surface area contributed by atoms with Crippen molar-refractivity contribution >= 4 is 0 Å². The zero-order valence-corrected chi connectivity index (χ0v) is 27.0. The second-order valence-electron chi connectivity index (χ2n) is 12.0. The zero-order valence-electron chi connectivity index (χ0n) is 27.0. The number of hydrogen-bond donors (Lipinski definition) is 0. The first kappa shape index (κ1) is 33.9. The van der Waals surface area contributed by atoms with E-state index in [2.05, 4.69) is 93.6 Å². The molecule has 0 N–H and O–H groups in total. The Labute approximate surface area is 258 Å². The van der Waals surface area contributed by atoms with E-state index in [9.17, 15) is 0 Å². The van der Waals surface area contributed by atoms with E-state index in [4.69, 9.17) is 9.47 Å². The molecule has 0 spiro atoms. The molecular formula is C40H58O2. The van der Waals surface area contributed by atoms with Gasteiger partial charge in [-0.05, 0) is 59.7 Å². The highest BCUT2D eigenvalue weighted by Crippen LogP contribution is 2.33. The number of benzene rings is 3. The minimum Gasteiger partial charge on any atom is -0.494 e. The molecule has 1 unspecified atom stereocenters. The molecule has 0 aromatic heterocycles. The standard InChI is InChI=1S/C40H58O2/c1-4-6-8-9-10-11-12-13-14-15-16-17-21-33-42-38-30-28-37(29-31-38)40-23-19-18-22-39(40)36-26-24-35(25-27-36)34(3)41-32-20-7-5-2/h18-19,22-31,34H,4-17,20-21,32-33H2,1-3H3. The summed E-state index contributed by atoms with van der Waals surface area (Å²) < 4.78 is 12.1. The van der Waals surface area contributed by atoms with E-state index < -0.39 is 0 Å². The van der Waals surface area contributed by atoms with E-state index >= 15 is 0 Å². The maximum absolute atomic E-state index is 6.08. The van der Waals surface area contributed by atoms with Gasteiger partial charge < -0.3 is 9.47 Å². The maximum atomic E-state index is 6.08. The number of ether oxygens (including phenoxy) is 2. The predicted molar refractivity (Wildman–Crippen MR) is 182 cm³/mol. The molecule has 1 atom stereocenters. The SMILES string of the molecule is CCCCCCCCCCCCCCCOc1ccc(-c2ccccc2-c2ccc(C(C)OCCCCC)cc2)cc1. The van der Waals surface area contributed by atoms with Crippen molar-refractivity contribution in [1.29, 1.82) is 0 Å². The van der Waals surface area contributed by atoms with E-state index in [1.165, 1.54) is 118 Å². The van der Waals surface area contributed by atoms with Gasteiger partial charge in [0, 0.05) is 6.61 Å². The van der Waals surface area contributed by atoms with Crippen LogP contribution in [0.2, 0.25) is 0 Å². The van der Waals surface area contributed by atoms with Crippen LogP contribution in [0.3, 0.4) is 0 Å². The third-order valence-electron chi connectivity index (χ3n) is 8.42. The van der Waals surface area contributed by atoms with E-state index in [0.717, 1.165) is 31.8 Å². The van der Waals surface area contributed by atoms with E-state index in [-0.39, 0.29) is 6.10 Å². The molecule has 3 aromatic rings. The minimum absolute atomic E-state index is 0.124. The van der Waals surface area contributed by atoms with Gasteiger partial charge in [0.15, 0.2) is 0 Å². The van der Waals surface area contributed by atoms with Crippen molar-refractivity contribution in [3.8, 4) is 28.0 Å². The highest BCUT2D eigenvalue weighted by atomic mass is 16.5. The van der Waals surface area contributed by atoms with E-state index in [1.54, 1.807) is 0 Å². The summed E-state index contributed by atoms with van der Waals surface area (Å²) in [7, 11) is 0. The van der Waals surface area contributed by atoms with Gasteiger partial charge >= 0.3 is 0 Å². The Morgan fingerprint density at radius 2 is 0.905 bits per heavy atom. The van der Waals surface area contributed by atoms with Crippen molar-refractivity contribution < 1.29 is 9.47 Å². The molecule has 0 aliphatic rings. The van der Waals surface area contributed by atoms with Crippen molar-refractivity contribution in [1.82, 2.24) is 0 Å². The monoisotopic (exact) mass is 570 g/mol. The molecule has 0 aliphatic carbocycles. The van der Waals surface area contributed by atoms with Crippen LogP contribution in [0.15, 0.2) is 72.8 Å². The van der Waals surface area contributed by atoms with Crippen molar-refractivity contribution in [2.75, 3.05) is 13.2 Å². The molecule has 0 heterocycles. The lowest BCUT2D eigenvalue weighted by atomic mass is 9.94. The van der Waals surface area contributed by atoms with Crippen molar-refractivity contribution in [2.24, 2.45) is 0 Å². The quantitative estimate of drug-likeness (QED) is 0.106. The summed E-state index contributed by atoms with van der Waals surface area (Å²) >= 11 is 0. The maximum Gasteiger partial charge on any atom is 0.119 e. The predicted octanol–water partition coefficient (Wildman–Crippen LogP) is 12.8. The molecule has 2 heteroatoms. The molecule has 3 aromatic carbocycles. The molecule has 2 nitrogen and oxygen atoms in total. The summed E-state index contributed by atoms with van der Waals surface area (Å²) in [5.41, 5.74) is 6.18. The third kappa shape index (κ3) is 12.7. The van der Waals surface area contributed by atoms with Gasteiger partial charge in [0.25, 0.3) is 0 Å². The molecule has 0 aliphatic heterocycles. The fraction of sp³-hybridized carbons (Fsp3) is 0.550. The van der Waals surface area contributed by atoms with E-state index in [1.807, 2.05) is 0 Å². The molecule has 0 saturated carbocycles. The van der Waals surface area contributed by atoms with Gasteiger partial charge in [0.1, 0.15) is 5.75 Å². The Morgan fingerprint density at radius 1 is 0.476 bits per heavy atom. The smallest absolute Gasteiger partial charge is 0.119 e. The number of unbranched alkanes of at least 4 members (excludes halogenated alkanes) is 14. The van der Waals surface area contributed by atoms with Crippen LogP contribution < -0.4 is 4.74 Å². The van der Waals surface area contributed by atoms with Gasteiger partial charge in [-0.3, -0.25) is 0 Å². The third-order valence-corrected chi connectivity index (χ3v) is 8.42. The molecule has 0 radical (unpaired) electrons. The lowest BCUT2D eigenvalue weighted by Gasteiger charge is -2.15. The van der Waals surface area contributed by atoms with E-state index in [0.29, 0.717) is 0 Å². The number of hydrogen-bond acceptors (Lipinski definition) is 2. The van der Waals surface area contributed by atoms with Crippen LogP contribution in [0, 0.1) is 0 Å². The Balaban J connectivity index is 1.37. The molecule has 0 saturated heterocycles. The van der Waals surface area contributed by atoms with Gasteiger partial charge in [-0.1, -0.05) is 164 Å². The van der Waals surface area contributed by atoms with Crippen molar-refractivity contribution in [2.45, 2.75) is 130 Å². The summed E-state index contributed by atoms with van der Waals surface area (Å²) in [4.78, 5) is 0. The Hall–Kier alpha value is -2.58. The summed E-state index contributed by atoms with van der Waals surface area (Å²) in [5.74, 6) is 0.965. The lowest BCUT2D eigenvalue weighted by molar-refractivity contribution is 0.0630. The van der Waals surface area contributed by atoms with Crippen LogP contribution in [0.25, 0.3) is 22.3 Å². The highest BCUT2D eigenvalue weighted by molar-refractivity contribution is 5.83. The van der Waals surface area contributed by atoms with Gasteiger partial charge in [-0.15, -0.1) is 0 Å². The first-order valence-electron chi connectivity index (χ1n) is 17.3. The summed E-state index contributed by atoms with van der Waals surface area (Å²) in [6, 6.07) is 26.2. The molecule has 0 amide bonds. The average Bonchev–Trinajstić information content (AvgIpc) is 3.03. The summed E-state index contributed by atoms with van der Waals surface area (Å²) in [5, 5.41) is 0. The lowest BCUT2D eigenvalue weighted by Crippen LogP contribution is -2.01. The molecule has 42 heavy (non-hydrogen) atoms. The molecule has 3 rings (SSSR count). The van der Waals surface area contributed by atoms with Gasteiger partial charge in [0.05, 0.1) is 12.7 Å². The molecule has 230 valence electrons. The number of rotatable bonds is 23. The van der Waals surface area contributed by atoms with Crippen LogP contribution in [-0.2, 0) is 4.74 Å².